The lowest BCUT2D eigenvalue weighted by molar-refractivity contribution is 0.0730. The molecule has 1 N–H and O–H groups in total. The predicted molar refractivity (Wildman–Crippen MR) is 115 cm³/mol. The lowest BCUT2D eigenvalue weighted by Gasteiger charge is -2.27. The van der Waals surface area contributed by atoms with Crippen molar-refractivity contribution in [2.45, 2.75) is 11.0 Å². The number of fused-ring (bicyclic) bond motifs is 1. The Kier molecular flexibility index (Phi) is 6.59. The first-order chi connectivity index (χ1) is 14.9. The zero-order chi connectivity index (χ0) is 22.0. The first kappa shape index (κ1) is 22.2. The van der Waals surface area contributed by atoms with E-state index in [0.717, 1.165) is 0 Å². The molecule has 0 aromatic heterocycles. The Labute approximate surface area is 190 Å². The van der Waals surface area contributed by atoms with Crippen molar-refractivity contribution >= 4 is 39.1 Å². The number of nitrogens with one attached hydrogen (secondary N) is 1. The third kappa shape index (κ3) is 4.75. The molecule has 31 heavy (non-hydrogen) atoms. The van der Waals surface area contributed by atoms with Crippen molar-refractivity contribution in [3.63, 3.8) is 0 Å². The molecule has 2 aliphatic heterocycles. The van der Waals surface area contributed by atoms with Crippen LogP contribution in [-0.4, -0.2) is 64.2 Å². The molecule has 166 valence electrons. The average molecular weight is 487 g/mol. The summed E-state index contributed by atoms with van der Waals surface area (Å²) in [5.74, 6) is 0.697. The summed E-state index contributed by atoms with van der Waals surface area (Å²) in [5, 5.41) is 2.72. The minimum absolute atomic E-state index is 0.00929. The van der Waals surface area contributed by atoms with Gasteiger partial charge in [-0.15, -0.1) is 0 Å². The predicted octanol–water partition coefficient (Wildman–Crippen LogP) is 2.58. The molecule has 2 aromatic rings. The second-order valence-corrected chi connectivity index (χ2v) is 9.71. The normalized spacial score (nSPS) is 19.1. The first-order valence-corrected chi connectivity index (χ1v) is 11.8. The van der Waals surface area contributed by atoms with Crippen LogP contribution in [0.3, 0.4) is 0 Å². The molecule has 1 fully saturated rings. The lowest BCUT2D eigenvalue weighted by atomic mass is 10.2. The molecule has 4 rings (SSSR count). The van der Waals surface area contributed by atoms with E-state index in [1.165, 1.54) is 16.4 Å². The first-order valence-electron chi connectivity index (χ1n) is 9.60. The number of para-hydroxylation sites is 2. The average Bonchev–Trinajstić information content (AvgIpc) is 2.77. The van der Waals surface area contributed by atoms with E-state index in [1.54, 1.807) is 12.1 Å². The molecule has 2 aromatic carbocycles. The maximum Gasteiger partial charge on any atom is 0.252 e. The summed E-state index contributed by atoms with van der Waals surface area (Å²) in [6.45, 7) is 1.43. The largest absolute Gasteiger partial charge is 0.486 e. The summed E-state index contributed by atoms with van der Waals surface area (Å²) in [4.78, 5) is 12.6. The van der Waals surface area contributed by atoms with Crippen LogP contribution < -0.4 is 14.8 Å². The molecule has 8 nitrogen and oxygen atoms in total. The van der Waals surface area contributed by atoms with E-state index in [9.17, 15) is 13.2 Å². The minimum atomic E-state index is -3.90. The summed E-state index contributed by atoms with van der Waals surface area (Å²) >= 11 is 12.4. The van der Waals surface area contributed by atoms with Gasteiger partial charge in [0.1, 0.15) is 17.6 Å². The van der Waals surface area contributed by atoms with E-state index >= 15 is 0 Å². The topological polar surface area (TPSA) is 94.2 Å². The van der Waals surface area contributed by atoms with E-state index in [-0.39, 0.29) is 46.7 Å². The molecule has 11 heteroatoms. The fourth-order valence-electron chi connectivity index (χ4n) is 3.29. The monoisotopic (exact) mass is 486 g/mol. The Morgan fingerprint density at radius 1 is 1.10 bits per heavy atom. The molecule has 0 unspecified atom stereocenters. The number of amides is 1. The van der Waals surface area contributed by atoms with Crippen LogP contribution >= 0.6 is 23.2 Å². The number of rotatable bonds is 5. The van der Waals surface area contributed by atoms with Gasteiger partial charge in [-0.05, 0) is 24.3 Å². The molecule has 0 bridgehead atoms. The smallest absolute Gasteiger partial charge is 0.252 e. The van der Waals surface area contributed by atoms with Crippen molar-refractivity contribution in [2.75, 3.05) is 39.5 Å². The van der Waals surface area contributed by atoms with Crippen molar-refractivity contribution < 1.29 is 27.4 Å². The Balaban J connectivity index is 1.49. The van der Waals surface area contributed by atoms with Crippen molar-refractivity contribution in [2.24, 2.45) is 0 Å². The zero-order valence-corrected chi connectivity index (χ0v) is 18.7. The Bertz CT molecular complexity index is 1090. The number of halogens is 2. The van der Waals surface area contributed by atoms with Crippen molar-refractivity contribution in [1.29, 1.82) is 0 Å². The van der Waals surface area contributed by atoms with Gasteiger partial charge in [-0.1, -0.05) is 35.3 Å². The van der Waals surface area contributed by atoms with Crippen LogP contribution in [0, 0.1) is 0 Å². The van der Waals surface area contributed by atoms with Gasteiger partial charge in [-0.2, -0.15) is 4.31 Å². The molecule has 0 spiro atoms. The number of benzene rings is 2. The van der Waals surface area contributed by atoms with Crippen molar-refractivity contribution in [3.05, 3.63) is 52.0 Å². The summed E-state index contributed by atoms with van der Waals surface area (Å²) < 4.78 is 43.9. The van der Waals surface area contributed by atoms with Gasteiger partial charge in [-0.3, -0.25) is 4.79 Å². The minimum Gasteiger partial charge on any atom is -0.486 e. The summed E-state index contributed by atoms with van der Waals surface area (Å²) in [6, 6.07) is 9.72. The van der Waals surface area contributed by atoms with Crippen LogP contribution in [-0.2, 0) is 14.8 Å². The van der Waals surface area contributed by atoms with E-state index in [1.807, 2.05) is 12.1 Å². The number of ether oxygens (including phenoxy) is 3. The zero-order valence-electron chi connectivity index (χ0n) is 16.3. The van der Waals surface area contributed by atoms with Gasteiger partial charge in [0.25, 0.3) is 5.91 Å². The Morgan fingerprint density at radius 2 is 1.81 bits per heavy atom. The van der Waals surface area contributed by atoms with Crippen LogP contribution in [0.15, 0.2) is 41.3 Å². The third-order valence-electron chi connectivity index (χ3n) is 4.91. The highest BCUT2D eigenvalue weighted by molar-refractivity contribution is 7.89. The molecule has 0 radical (unpaired) electrons. The van der Waals surface area contributed by atoms with Crippen molar-refractivity contribution in [1.82, 2.24) is 9.62 Å². The standard InChI is InChI=1S/C20H20Cl2N2O6S/c21-15-10-16(22)19(31(26,27)24-5-7-28-8-6-24)9-14(15)20(25)23-11-13-12-29-17-3-1-2-4-18(17)30-13/h1-4,9-10,13H,5-8,11-12H2,(H,23,25)/t13-/m1/s1. The molecular formula is C20H20Cl2N2O6S. The fourth-order valence-corrected chi connectivity index (χ4v) is 5.53. The maximum absolute atomic E-state index is 13.0. The number of carbonyl (C=O) groups excluding carboxylic acids is 1. The molecule has 1 atom stereocenters. The number of nitrogens with zero attached hydrogens (tertiary/aromatic N) is 1. The van der Waals surface area contributed by atoms with Crippen LogP contribution in [0.5, 0.6) is 11.5 Å². The SMILES string of the molecule is O=C(NC[C@@H]1COc2ccccc2O1)c1cc(S(=O)(=O)N2CCOCC2)c(Cl)cc1Cl. The summed E-state index contributed by atoms with van der Waals surface area (Å²) in [6.07, 6.45) is -0.401. The summed E-state index contributed by atoms with van der Waals surface area (Å²) in [7, 11) is -3.90. The maximum atomic E-state index is 13.0. The number of morpholine rings is 1. The quantitative estimate of drug-likeness (QED) is 0.697. The number of hydrogen-bond acceptors (Lipinski definition) is 6. The second kappa shape index (κ2) is 9.22. The Morgan fingerprint density at radius 3 is 2.55 bits per heavy atom. The van der Waals surface area contributed by atoms with E-state index in [4.69, 9.17) is 37.4 Å². The van der Waals surface area contributed by atoms with E-state index in [0.29, 0.717) is 24.7 Å². The third-order valence-corrected chi connectivity index (χ3v) is 7.59. The number of carbonyl (C=O) groups is 1. The van der Waals surface area contributed by atoms with Crippen LogP contribution in [0.2, 0.25) is 10.0 Å². The van der Waals surface area contributed by atoms with Crippen LogP contribution in [0.4, 0.5) is 0 Å². The molecule has 0 aliphatic carbocycles. The molecule has 2 aliphatic rings. The summed E-state index contributed by atoms with van der Waals surface area (Å²) in [5.41, 5.74) is 0.00929. The lowest BCUT2D eigenvalue weighted by Crippen LogP contribution is -2.41. The van der Waals surface area contributed by atoms with E-state index < -0.39 is 22.0 Å². The van der Waals surface area contributed by atoms with Crippen molar-refractivity contribution in [3.8, 4) is 11.5 Å². The fraction of sp³-hybridized carbons (Fsp3) is 0.350. The van der Waals surface area contributed by atoms with Gasteiger partial charge in [-0.25, -0.2) is 8.42 Å². The molecule has 1 saturated heterocycles. The molecular weight excluding hydrogens is 467 g/mol. The van der Waals surface area contributed by atoms with Gasteiger partial charge in [0.2, 0.25) is 10.0 Å². The highest BCUT2D eigenvalue weighted by Gasteiger charge is 2.30. The van der Waals surface area contributed by atoms with Crippen LogP contribution in [0.1, 0.15) is 10.4 Å². The molecule has 1 amide bonds. The molecule has 0 saturated carbocycles. The molecule has 2 heterocycles. The Hall–Kier alpha value is -2.04. The van der Waals surface area contributed by atoms with Gasteiger partial charge in [0.15, 0.2) is 11.5 Å². The van der Waals surface area contributed by atoms with Crippen LogP contribution in [0.25, 0.3) is 0 Å². The highest BCUT2D eigenvalue weighted by Crippen LogP contribution is 2.32. The highest BCUT2D eigenvalue weighted by atomic mass is 35.5. The van der Waals surface area contributed by atoms with Gasteiger partial charge >= 0.3 is 0 Å². The van der Waals surface area contributed by atoms with Gasteiger partial charge < -0.3 is 19.5 Å². The second-order valence-electron chi connectivity index (χ2n) is 6.99. The van der Waals surface area contributed by atoms with Gasteiger partial charge in [0.05, 0.1) is 35.4 Å². The van der Waals surface area contributed by atoms with E-state index in [2.05, 4.69) is 5.32 Å². The van der Waals surface area contributed by atoms with Gasteiger partial charge in [0, 0.05) is 13.1 Å². The number of sulfonamides is 1. The number of hydrogen-bond donors (Lipinski definition) is 1.